The number of hydrogen-bond donors (Lipinski definition) is 2. The molecule has 0 saturated heterocycles. The maximum Gasteiger partial charge on any atom is 0.241 e. The fourth-order valence-electron chi connectivity index (χ4n) is 1.62. The van der Waals surface area contributed by atoms with Gasteiger partial charge in [-0.05, 0) is 24.1 Å². The zero-order valence-corrected chi connectivity index (χ0v) is 14.0. The average molecular weight is 326 g/mol. The van der Waals surface area contributed by atoms with Gasteiger partial charge in [0.2, 0.25) is 5.91 Å². The van der Waals surface area contributed by atoms with Gasteiger partial charge in [-0.25, -0.2) is 13.8 Å². The van der Waals surface area contributed by atoms with Crippen LogP contribution in [0, 0.1) is 17.6 Å². The number of halogens is 2. The van der Waals surface area contributed by atoms with Crippen LogP contribution < -0.4 is 10.6 Å². The standard InChI is InChI=1S/C16H24F2N4O/c1-11(2)8-19-16(21-10-15(23)22(3)4)20-9-12-7-13(17)5-6-14(12)18/h5-7,11H,8-10H2,1-4H3,(H2,19,20,21). The predicted molar refractivity (Wildman–Crippen MR) is 87.0 cm³/mol. The molecule has 7 heteroatoms. The quantitative estimate of drug-likeness (QED) is 0.618. The molecule has 1 amide bonds. The van der Waals surface area contributed by atoms with E-state index in [1.54, 1.807) is 14.1 Å². The van der Waals surface area contributed by atoms with Crippen LogP contribution in [0.3, 0.4) is 0 Å². The third-order valence-electron chi connectivity index (χ3n) is 3.00. The Hall–Kier alpha value is -2.18. The van der Waals surface area contributed by atoms with Gasteiger partial charge in [-0.3, -0.25) is 4.79 Å². The summed E-state index contributed by atoms with van der Waals surface area (Å²) in [5.41, 5.74) is 0.162. The van der Waals surface area contributed by atoms with Crippen LogP contribution in [0.4, 0.5) is 8.78 Å². The Morgan fingerprint density at radius 3 is 2.57 bits per heavy atom. The molecule has 128 valence electrons. The molecular weight excluding hydrogens is 302 g/mol. The second-order valence-corrected chi connectivity index (χ2v) is 5.82. The normalized spacial score (nSPS) is 11.5. The van der Waals surface area contributed by atoms with Crippen molar-refractivity contribution >= 4 is 11.9 Å². The van der Waals surface area contributed by atoms with Crippen molar-refractivity contribution in [3.05, 3.63) is 35.4 Å². The van der Waals surface area contributed by atoms with Gasteiger partial charge < -0.3 is 15.5 Å². The van der Waals surface area contributed by atoms with Crippen molar-refractivity contribution < 1.29 is 13.6 Å². The highest BCUT2D eigenvalue weighted by atomic mass is 19.1. The summed E-state index contributed by atoms with van der Waals surface area (Å²) in [6.07, 6.45) is 0. The molecule has 0 bridgehead atoms. The van der Waals surface area contributed by atoms with E-state index in [4.69, 9.17) is 0 Å². The number of benzene rings is 1. The maximum absolute atomic E-state index is 13.6. The lowest BCUT2D eigenvalue weighted by Crippen LogP contribution is -2.44. The molecule has 1 rings (SSSR count). The molecule has 1 aromatic rings. The van der Waals surface area contributed by atoms with E-state index in [-0.39, 0.29) is 24.6 Å². The Balaban J connectivity index is 2.76. The lowest BCUT2D eigenvalue weighted by Gasteiger charge is -2.16. The topological polar surface area (TPSA) is 56.7 Å². The zero-order valence-electron chi connectivity index (χ0n) is 14.0. The molecule has 0 aliphatic carbocycles. The molecule has 0 aliphatic heterocycles. The molecule has 5 nitrogen and oxygen atoms in total. The van der Waals surface area contributed by atoms with Crippen molar-refractivity contribution in [2.24, 2.45) is 10.9 Å². The number of rotatable bonds is 6. The predicted octanol–water partition coefficient (Wildman–Crippen LogP) is 1.74. The Morgan fingerprint density at radius 1 is 1.26 bits per heavy atom. The van der Waals surface area contributed by atoms with E-state index >= 15 is 0 Å². The van der Waals surface area contributed by atoms with E-state index in [2.05, 4.69) is 15.6 Å². The first-order chi connectivity index (χ1) is 10.8. The minimum absolute atomic E-state index is 0.0207. The van der Waals surface area contributed by atoms with Crippen molar-refractivity contribution in [1.29, 1.82) is 0 Å². The van der Waals surface area contributed by atoms with Crippen molar-refractivity contribution in [1.82, 2.24) is 15.5 Å². The van der Waals surface area contributed by atoms with Crippen LogP contribution >= 0.6 is 0 Å². The highest BCUT2D eigenvalue weighted by Crippen LogP contribution is 2.10. The first-order valence-corrected chi connectivity index (χ1v) is 7.46. The fourth-order valence-corrected chi connectivity index (χ4v) is 1.62. The number of nitrogens with zero attached hydrogens (tertiary/aromatic N) is 2. The SMILES string of the molecule is CC(C)CNC(=NCc1cc(F)ccc1F)NCC(=O)N(C)C. The molecule has 0 fully saturated rings. The summed E-state index contributed by atoms with van der Waals surface area (Å²) in [7, 11) is 3.31. The number of aliphatic imine (C=N–C) groups is 1. The van der Waals surface area contributed by atoms with E-state index in [1.165, 1.54) is 4.90 Å². The highest BCUT2D eigenvalue weighted by molar-refractivity contribution is 5.86. The van der Waals surface area contributed by atoms with Crippen molar-refractivity contribution in [3.63, 3.8) is 0 Å². The first kappa shape index (κ1) is 18.9. The minimum Gasteiger partial charge on any atom is -0.356 e. The van der Waals surface area contributed by atoms with Gasteiger partial charge in [-0.15, -0.1) is 0 Å². The lowest BCUT2D eigenvalue weighted by molar-refractivity contribution is -0.127. The minimum atomic E-state index is -0.511. The van der Waals surface area contributed by atoms with Gasteiger partial charge in [0.1, 0.15) is 11.6 Å². The van der Waals surface area contributed by atoms with E-state index in [9.17, 15) is 13.6 Å². The second kappa shape index (κ2) is 9.07. The summed E-state index contributed by atoms with van der Waals surface area (Å²) in [6, 6.07) is 3.25. The van der Waals surface area contributed by atoms with Crippen LogP contribution in [0.5, 0.6) is 0 Å². The van der Waals surface area contributed by atoms with E-state index < -0.39 is 11.6 Å². The van der Waals surface area contributed by atoms with Gasteiger partial charge in [-0.1, -0.05) is 13.8 Å². The summed E-state index contributed by atoms with van der Waals surface area (Å²) >= 11 is 0. The molecule has 2 N–H and O–H groups in total. The van der Waals surface area contributed by atoms with E-state index in [0.29, 0.717) is 18.4 Å². The van der Waals surface area contributed by atoms with Gasteiger partial charge in [0.15, 0.2) is 5.96 Å². The van der Waals surface area contributed by atoms with Crippen LogP contribution in [0.25, 0.3) is 0 Å². The average Bonchev–Trinajstić information content (AvgIpc) is 2.48. The van der Waals surface area contributed by atoms with Crippen molar-refractivity contribution in [2.75, 3.05) is 27.2 Å². The van der Waals surface area contributed by atoms with E-state index in [1.807, 2.05) is 13.8 Å². The Kier molecular flexibility index (Phi) is 7.44. The van der Waals surface area contributed by atoms with Crippen LogP contribution in [0.2, 0.25) is 0 Å². The lowest BCUT2D eigenvalue weighted by atomic mass is 10.2. The molecular formula is C16H24F2N4O. The van der Waals surface area contributed by atoms with Crippen molar-refractivity contribution in [3.8, 4) is 0 Å². The molecule has 0 unspecified atom stereocenters. The molecule has 0 aliphatic rings. The summed E-state index contributed by atoms with van der Waals surface area (Å²) in [6.45, 7) is 4.76. The molecule has 0 aromatic heterocycles. The van der Waals surface area contributed by atoms with E-state index in [0.717, 1.165) is 18.2 Å². The number of amides is 1. The Labute approximate surface area is 135 Å². The van der Waals surface area contributed by atoms with Crippen LogP contribution in [0.1, 0.15) is 19.4 Å². The fraction of sp³-hybridized carbons (Fsp3) is 0.500. The molecule has 0 spiro atoms. The number of likely N-dealkylation sites (N-methyl/N-ethyl adjacent to an activating group) is 1. The number of carbonyl (C=O) groups excluding carboxylic acids is 1. The summed E-state index contributed by atoms with van der Waals surface area (Å²) < 4.78 is 26.8. The second-order valence-electron chi connectivity index (χ2n) is 5.82. The third-order valence-corrected chi connectivity index (χ3v) is 3.00. The molecule has 1 aromatic carbocycles. The monoisotopic (exact) mass is 326 g/mol. The number of hydrogen-bond acceptors (Lipinski definition) is 2. The van der Waals surface area contributed by atoms with Crippen LogP contribution in [-0.4, -0.2) is 44.0 Å². The van der Waals surface area contributed by atoms with Gasteiger partial charge in [0.25, 0.3) is 0 Å². The number of carbonyl (C=O) groups is 1. The summed E-state index contributed by atoms with van der Waals surface area (Å²) in [5, 5.41) is 5.96. The van der Waals surface area contributed by atoms with Crippen LogP contribution in [0.15, 0.2) is 23.2 Å². The molecule has 0 atom stereocenters. The summed E-state index contributed by atoms with van der Waals surface area (Å²) in [5.74, 6) is -0.372. The number of nitrogens with one attached hydrogen (secondary N) is 2. The Morgan fingerprint density at radius 2 is 1.96 bits per heavy atom. The van der Waals surface area contributed by atoms with Gasteiger partial charge in [-0.2, -0.15) is 0 Å². The van der Waals surface area contributed by atoms with Gasteiger partial charge in [0.05, 0.1) is 13.1 Å². The smallest absolute Gasteiger partial charge is 0.241 e. The number of guanidine groups is 1. The van der Waals surface area contributed by atoms with Gasteiger partial charge >= 0.3 is 0 Å². The highest BCUT2D eigenvalue weighted by Gasteiger charge is 2.08. The molecule has 23 heavy (non-hydrogen) atoms. The summed E-state index contributed by atoms with van der Waals surface area (Å²) in [4.78, 5) is 17.3. The molecule has 0 heterocycles. The van der Waals surface area contributed by atoms with Crippen molar-refractivity contribution in [2.45, 2.75) is 20.4 Å². The molecule has 0 radical (unpaired) electrons. The maximum atomic E-state index is 13.6. The van der Waals surface area contributed by atoms with Crippen LogP contribution in [-0.2, 0) is 11.3 Å². The largest absolute Gasteiger partial charge is 0.356 e. The zero-order chi connectivity index (χ0) is 17.4. The first-order valence-electron chi connectivity index (χ1n) is 7.46. The molecule has 0 saturated carbocycles. The van der Waals surface area contributed by atoms with Gasteiger partial charge in [0, 0.05) is 26.2 Å². The Bertz CT molecular complexity index is 559. The third kappa shape index (κ3) is 7.08.